The van der Waals surface area contributed by atoms with Crippen molar-refractivity contribution in [3.05, 3.63) is 29.6 Å². The number of imidazole rings is 1. The second-order valence-electron chi connectivity index (χ2n) is 4.76. The van der Waals surface area contributed by atoms with Crippen LogP contribution in [0.15, 0.2) is 18.2 Å². The molecule has 1 heterocycles. The number of aryl methyl sites for hydroxylation is 1. The first-order valence-corrected chi connectivity index (χ1v) is 6.23. The number of aromatic carboxylic acids is 1. The third-order valence-electron chi connectivity index (χ3n) is 3.39. The number of aromatic nitrogens is 2. The number of rotatable bonds is 4. The molecule has 0 bridgehead atoms. The van der Waals surface area contributed by atoms with Crippen LogP contribution in [0.25, 0.3) is 11.0 Å². The molecule has 1 unspecified atom stereocenters. The fourth-order valence-corrected chi connectivity index (χ4v) is 2.11. The Balaban J connectivity index is 2.58. The summed E-state index contributed by atoms with van der Waals surface area (Å²) in [6.07, 6.45) is 1.09. The smallest absolute Gasteiger partial charge is 0.337 e. The fourth-order valence-electron chi connectivity index (χ4n) is 2.11. The van der Waals surface area contributed by atoms with E-state index in [0.29, 0.717) is 11.4 Å². The summed E-state index contributed by atoms with van der Waals surface area (Å²) in [7, 11) is 0. The summed E-state index contributed by atoms with van der Waals surface area (Å²) in [6.45, 7) is 7.14. The molecule has 2 rings (SSSR count). The van der Waals surface area contributed by atoms with E-state index < -0.39 is 5.97 Å². The van der Waals surface area contributed by atoms with Gasteiger partial charge in [0, 0.05) is 6.54 Å². The van der Waals surface area contributed by atoms with Gasteiger partial charge in [0.25, 0.3) is 0 Å². The number of nitrogens with zero attached hydrogens (tertiary/aromatic N) is 2. The van der Waals surface area contributed by atoms with Crippen LogP contribution in [0, 0.1) is 12.8 Å². The zero-order valence-electron chi connectivity index (χ0n) is 11.0. The predicted molar refractivity (Wildman–Crippen MR) is 70.9 cm³/mol. The lowest BCUT2D eigenvalue weighted by Gasteiger charge is -2.12. The molecular weight excluding hydrogens is 228 g/mol. The maximum absolute atomic E-state index is 11.2. The van der Waals surface area contributed by atoms with E-state index >= 15 is 0 Å². The Morgan fingerprint density at radius 1 is 1.50 bits per heavy atom. The van der Waals surface area contributed by atoms with E-state index in [2.05, 4.69) is 23.4 Å². The summed E-state index contributed by atoms with van der Waals surface area (Å²) in [5, 5.41) is 9.16. The maximum atomic E-state index is 11.2. The monoisotopic (exact) mass is 246 g/mol. The molecule has 0 radical (unpaired) electrons. The SMILES string of the molecule is CCC(C)Cn1c(C)nc2c(C(=O)O)cccc21. The highest BCUT2D eigenvalue weighted by Crippen LogP contribution is 2.21. The van der Waals surface area contributed by atoms with E-state index in [1.54, 1.807) is 12.1 Å². The minimum Gasteiger partial charge on any atom is -0.478 e. The number of hydrogen-bond donors (Lipinski definition) is 1. The van der Waals surface area contributed by atoms with Crippen molar-refractivity contribution in [1.82, 2.24) is 9.55 Å². The van der Waals surface area contributed by atoms with Crippen LogP contribution in [-0.2, 0) is 6.54 Å². The van der Waals surface area contributed by atoms with Crippen LogP contribution < -0.4 is 0 Å². The molecule has 1 atom stereocenters. The molecule has 0 saturated heterocycles. The molecule has 1 aromatic carbocycles. The van der Waals surface area contributed by atoms with E-state index in [9.17, 15) is 4.79 Å². The zero-order valence-corrected chi connectivity index (χ0v) is 11.0. The molecule has 0 aliphatic heterocycles. The second kappa shape index (κ2) is 4.80. The quantitative estimate of drug-likeness (QED) is 0.901. The van der Waals surface area contributed by atoms with Crippen molar-refractivity contribution in [2.24, 2.45) is 5.92 Å². The lowest BCUT2D eigenvalue weighted by molar-refractivity contribution is 0.0699. The highest BCUT2D eigenvalue weighted by molar-refractivity contribution is 6.01. The third kappa shape index (κ3) is 2.10. The normalized spacial score (nSPS) is 12.8. The van der Waals surface area contributed by atoms with Gasteiger partial charge in [-0.2, -0.15) is 0 Å². The fraction of sp³-hybridized carbons (Fsp3) is 0.429. The van der Waals surface area contributed by atoms with Gasteiger partial charge in [-0.3, -0.25) is 0 Å². The molecule has 0 fully saturated rings. The largest absolute Gasteiger partial charge is 0.478 e. The number of carboxylic acids is 1. The molecule has 0 amide bonds. The Morgan fingerprint density at radius 3 is 2.83 bits per heavy atom. The van der Waals surface area contributed by atoms with E-state index in [4.69, 9.17) is 5.11 Å². The molecule has 1 N–H and O–H groups in total. The Bertz CT molecular complexity index is 587. The molecule has 4 nitrogen and oxygen atoms in total. The molecule has 0 aliphatic rings. The summed E-state index contributed by atoms with van der Waals surface area (Å²) in [5.74, 6) is 0.502. The zero-order chi connectivity index (χ0) is 13.3. The van der Waals surface area contributed by atoms with Crippen molar-refractivity contribution in [3.63, 3.8) is 0 Å². The minimum atomic E-state index is -0.922. The minimum absolute atomic E-state index is 0.276. The van der Waals surface area contributed by atoms with Crippen molar-refractivity contribution >= 4 is 17.0 Å². The van der Waals surface area contributed by atoms with Crippen molar-refractivity contribution in [2.75, 3.05) is 0 Å². The first-order valence-electron chi connectivity index (χ1n) is 6.23. The summed E-state index contributed by atoms with van der Waals surface area (Å²) < 4.78 is 2.11. The number of para-hydroxylation sites is 1. The third-order valence-corrected chi connectivity index (χ3v) is 3.39. The predicted octanol–water partition coefficient (Wildman–Crippen LogP) is 3.09. The lowest BCUT2D eigenvalue weighted by Crippen LogP contribution is -2.08. The molecule has 0 saturated carbocycles. The Labute approximate surface area is 106 Å². The Kier molecular flexibility index (Phi) is 3.36. The highest BCUT2D eigenvalue weighted by atomic mass is 16.4. The number of benzene rings is 1. The second-order valence-corrected chi connectivity index (χ2v) is 4.76. The average Bonchev–Trinajstić information content (AvgIpc) is 2.65. The van der Waals surface area contributed by atoms with Crippen molar-refractivity contribution in [1.29, 1.82) is 0 Å². The van der Waals surface area contributed by atoms with Gasteiger partial charge in [0.2, 0.25) is 0 Å². The van der Waals surface area contributed by atoms with E-state index in [1.807, 2.05) is 13.0 Å². The van der Waals surface area contributed by atoms with Crippen LogP contribution in [0.5, 0.6) is 0 Å². The van der Waals surface area contributed by atoms with Crippen molar-refractivity contribution in [3.8, 4) is 0 Å². The molecule has 4 heteroatoms. The molecule has 0 spiro atoms. The maximum Gasteiger partial charge on any atom is 0.337 e. The van der Waals surface area contributed by atoms with Gasteiger partial charge < -0.3 is 9.67 Å². The van der Waals surface area contributed by atoms with Crippen molar-refractivity contribution in [2.45, 2.75) is 33.7 Å². The summed E-state index contributed by atoms with van der Waals surface area (Å²) in [6, 6.07) is 5.31. The van der Waals surface area contributed by atoms with Crippen LogP contribution in [0.2, 0.25) is 0 Å². The van der Waals surface area contributed by atoms with Gasteiger partial charge >= 0.3 is 5.97 Å². The number of fused-ring (bicyclic) bond motifs is 1. The summed E-state index contributed by atoms with van der Waals surface area (Å²) >= 11 is 0. The Morgan fingerprint density at radius 2 is 2.22 bits per heavy atom. The molecule has 2 aromatic rings. The highest BCUT2D eigenvalue weighted by Gasteiger charge is 2.15. The lowest BCUT2D eigenvalue weighted by atomic mass is 10.1. The van der Waals surface area contributed by atoms with E-state index in [-0.39, 0.29) is 5.56 Å². The topological polar surface area (TPSA) is 55.1 Å². The van der Waals surface area contributed by atoms with Crippen LogP contribution in [0.1, 0.15) is 36.5 Å². The van der Waals surface area contributed by atoms with Gasteiger partial charge in [0.15, 0.2) is 0 Å². The summed E-state index contributed by atoms with van der Waals surface area (Å²) in [5.41, 5.74) is 1.78. The average molecular weight is 246 g/mol. The van der Waals surface area contributed by atoms with Gasteiger partial charge in [0.05, 0.1) is 11.1 Å². The van der Waals surface area contributed by atoms with Crippen LogP contribution >= 0.6 is 0 Å². The molecule has 0 aliphatic carbocycles. The van der Waals surface area contributed by atoms with Gasteiger partial charge in [-0.1, -0.05) is 26.3 Å². The van der Waals surface area contributed by atoms with E-state index in [1.165, 1.54) is 0 Å². The number of hydrogen-bond acceptors (Lipinski definition) is 2. The van der Waals surface area contributed by atoms with Gasteiger partial charge in [-0.15, -0.1) is 0 Å². The van der Waals surface area contributed by atoms with Gasteiger partial charge in [0.1, 0.15) is 11.3 Å². The van der Waals surface area contributed by atoms with Crippen LogP contribution in [0.4, 0.5) is 0 Å². The van der Waals surface area contributed by atoms with Crippen molar-refractivity contribution < 1.29 is 9.90 Å². The number of carboxylic acid groups (broad SMARTS) is 1. The standard InChI is InChI=1S/C14H18N2O2/c1-4-9(2)8-16-10(3)15-13-11(14(17)18)6-5-7-12(13)16/h5-7,9H,4,8H2,1-3H3,(H,17,18). The Hall–Kier alpha value is -1.84. The first kappa shape index (κ1) is 12.6. The molecule has 18 heavy (non-hydrogen) atoms. The van der Waals surface area contributed by atoms with Gasteiger partial charge in [-0.05, 0) is 25.0 Å². The summed E-state index contributed by atoms with van der Waals surface area (Å²) in [4.78, 5) is 15.6. The van der Waals surface area contributed by atoms with Crippen LogP contribution in [-0.4, -0.2) is 20.6 Å². The van der Waals surface area contributed by atoms with Gasteiger partial charge in [-0.25, -0.2) is 9.78 Å². The first-order chi connectivity index (χ1) is 8.54. The molecular formula is C14H18N2O2. The molecule has 1 aromatic heterocycles. The number of carbonyl (C=O) groups is 1. The van der Waals surface area contributed by atoms with E-state index in [0.717, 1.165) is 24.3 Å². The molecule has 96 valence electrons. The van der Waals surface area contributed by atoms with Crippen LogP contribution in [0.3, 0.4) is 0 Å².